The van der Waals surface area contributed by atoms with Crippen LogP contribution in [-0.2, 0) is 21.0 Å². The van der Waals surface area contributed by atoms with Gasteiger partial charge in [0.05, 0.1) is 17.1 Å². The summed E-state index contributed by atoms with van der Waals surface area (Å²) in [4.78, 5) is 14.3. The third-order valence-electron chi connectivity index (χ3n) is 5.68. The van der Waals surface area contributed by atoms with E-state index in [1.54, 1.807) is 12.0 Å². The van der Waals surface area contributed by atoms with E-state index in [4.69, 9.17) is 4.74 Å². The van der Waals surface area contributed by atoms with Crippen LogP contribution >= 0.6 is 0 Å². The molecule has 144 valence electrons. The molecule has 0 aliphatic carbocycles. The predicted molar refractivity (Wildman–Crippen MR) is 101 cm³/mol. The maximum absolute atomic E-state index is 12.6. The molecule has 2 aliphatic heterocycles. The maximum atomic E-state index is 12.6. The summed E-state index contributed by atoms with van der Waals surface area (Å²) in [5.74, 6) is -0.0386. The number of methoxy groups -OCH3 is 1. The van der Waals surface area contributed by atoms with Gasteiger partial charge in [0, 0.05) is 32.2 Å². The summed E-state index contributed by atoms with van der Waals surface area (Å²) >= 11 is 0. The molecule has 0 aromatic heterocycles. The molecule has 1 unspecified atom stereocenters. The fourth-order valence-corrected chi connectivity index (χ4v) is 6.34. The van der Waals surface area contributed by atoms with Gasteiger partial charge in [0.1, 0.15) is 0 Å². The topological polar surface area (TPSA) is 75.7 Å². The van der Waals surface area contributed by atoms with Crippen molar-refractivity contribution in [2.75, 3.05) is 26.0 Å². The van der Waals surface area contributed by atoms with Gasteiger partial charge in [-0.3, -0.25) is 0 Å². The second-order valence-corrected chi connectivity index (χ2v) is 9.55. The number of fused-ring (bicyclic) bond motifs is 1. The molecular formula is C19H28N2O4S. The zero-order valence-corrected chi connectivity index (χ0v) is 16.2. The molecule has 1 aromatic carbocycles. The molecule has 4 atom stereocenters. The molecule has 0 spiro atoms. The lowest BCUT2D eigenvalue weighted by Gasteiger charge is -2.24. The summed E-state index contributed by atoms with van der Waals surface area (Å²) in [6.45, 7) is 2.78. The van der Waals surface area contributed by atoms with E-state index in [1.165, 1.54) is 5.56 Å². The second-order valence-electron chi connectivity index (χ2n) is 7.29. The molecule has 26 heavy (non-hydrogen) atoms. The van der Waals surface area contributed by atoms with E-state index in [9.17, 15) is 13.2 Å². The first-order valence-electron chi connectivity index (χ1n) is 9.28. The number of likely N-dealkylation sites (tertiary alicyclic amines) is 1. The van der Waals surface area contributed by atoms with Crippen molar-refractivity contribution in [1.29, 1.82) is 0 Å². The van der Waals surface area contributed by atoms with Crippen LogP contribution in [-0.4, -0.2) is 62.7 Å². The predicted octanol–water partition coefficient (Wildman–Crippen LogP) is 1.85. The molecule has 7 heteroatoms. The third-order valence-corrected chi connectivity index (χ3v) is 7.89. The molecular weight excluding hydrogens is 352 g/mol. The van der Waals surface area contributed by atoms with Gasteiger partial charge in [0.2, 0.25) is 0 Å². The van der Waals surface area contributed by atoms with Crippen molar-refractivity contribution in [3.8, 4) is 0 Å². The van der Waals surface area contributed by atoms with E-state index in [0.29, 0.717) is 6.54 Å². The number of urea groups is 1. The minimum absolute atomic E-state index is 0.0724. The Labute approximate surface area is 155 Å². The number of amides is 2. The number of nitrogens with one attached hydrogen (secondary N) is 1. The molecule has 2 saturated heterocycles. The van der Waals surface area contributed by atoms with Gasteiger partial charge in [-0.2, -0.15) is 0 Å². The molecule has 6 nitrogen and oxygen atoms in total. The van der Waals surface area contributed by atoms with Gasteiger partial charge in [-0.15, -0.1) is 0 Å². The maximum Gasteiger partial charge on any atom is 0.317 e. The Morgan fingerprint density at radius 1 is 1.31 bits per heavy atom. The third kappa shape index (κ3) is 4.04. The van der Waals surface area contributed by atoms with Crippen LogP contribution in [0.25, 0.3) is 0 Å². The van der Waals surface area contributed by atoms with Crippen LogP contribution < -0.4 is 5.32 Å². The number of carbonyl (C=O) groups is 1. The minimum atomic E-state index is -3.18. The zero-order chi connectivity index (χ0) is 18.7. The van der Waals surface area contributed by atoms with Gasteiger partial charge < -0.3 is 15.0 Å². The van der Waals surface area contributed by atoms with Crippen molar-refractivity contribution in [2.24, 2.45) is 5.92 Å². The quantitative estimate of drug-likeness (QED) is 0.817. The Morgan fingerprint density at radius 2 is 2.04 bits per heavy atom. The molecule has 0 bridgehead atoms. The van der Waals surface area contributed by atoms with Crippen molar-refractivity contribution >= 4 is 15.9 Å². The summed E-state index contributed by atoms with van der Waals surface area (Å²) in [6, 6.07) is 10.1. The Bertz CT molecular complexity index is 722. The molecule has 2 fully saturated rings. The average molecular weight is 381 g/mol. The van der Waals surface area contributed by atoms with E-state index in [1.807, 2.05) is 18.2 Å². The molecule has 2 heterocycles. The van der Waals surface area contributed by atoms with Gasteiger partial charge in [-0.05, 0) is 24.8 Å². The van der Waals surface area contributed by atoms with Crippen molar-refractivity contribution in [3.63, 3.8) is 0 Å². The van der Waals surface area contributed by atoms with Crippen LogP contribution in [0.3, 0.4) is 0 Å². The molecule has 1 aromatic rings. The van der Waals surface area contributed by atoms with Crippen molar-refractivity contribution in [2.45, 2.75) is 43.6 Å². The molecule has 0 radical (unpaired) electrons. The Morgan fingerprint density at radius 3 is 2.69 bits per heavy atom. The summed E-state index contributed by atoms with van der Waals surface area (Å²) in [7, 11) is -1.63. The summed E-state index contributed by atoms with van der Waals surface area (Å²) < 4.78 is 29.9. The monoisotopic (exact) mass is 380 g/mol. The molecule has 3 rings (SSSR count). The number of carbonyl (C=O) groups excluding carboxylic acids is 1. The molecule has 1 N–H and O–H groups in total. The summed E-state index contributed by atoms with van der Waals surface area (Å²) in [5, 5.41) is 2.60. The van der Waals surface area contributed by atoms with Crippen molar-refractivity contribution in [3.05, 3.63) is 35.9 Å². The Kier molecular flexibility index (Phi) is 5.87. The van der Waals surface area contributed by atoms with Crippen molar-refractivity contribution in [1.82, 2.24) is 10.2 Å². The van der Waals surface area contributed by atoms with Crippen LogP contribution in [0.5, 0.6) is 0 Å². The largest absolute Gasteiger partial charge is 0.380 e. The molecule has 2 aliphatic rings. The number of rotatable bonds is 6. The highest BCUT2D eigenvalue weighted by Gasteiger charge is 2.53. The number of ether oxygens (including phenoxy) is 1. The smallest absolute Gasteiger partial charge is 0.317 e. The number of benzene rings is 1. The van der Waals surface area contributed by atoms with E-state index in [-0.39, 0.29) is 36.4 Å². The fraction of sp³-hybridized carbons (Fsp3) is 0.632. The van der Waals surface area contributed by atoms with Crippen LogP contribution in [0.4, 0.5) is 4.79 Å². The summed E-state index contributed by atoms with van der Waals surface area (Å²) in [6.07, 6.45) is 2.32. The standard InChI is InChI=1S/C19H28N2O4S/c1-3-15(10-9-14-7-5-4-6-8-14)20-19(22)21-11-16-17(25-2)13-26(23,24)18(16)12-21/h4-8,15-18H,3,9-13H2,1-2H3,(H,20,22)/t15?,16-,17+,18-/m1/s1. The highest BCUT2D eigenvalue weighted by Crippen LogP contribution is 2.35. The van der Waals surface area contributed by atoms with Crippen molar-refractivity contribution < 1.29 is 17.9 Å². The first-order valence-corrected chi connectivity index (χ1v) is 11.0. The van der Waals surface area contributed by atoms with Gasteiger partial charge in [-0.25, -0.2) is 13.2 Å². The highest BCUT2D eigenvalue weighted by molar-refractivity contribution is 7.92. The van der Waals surface area contributed by atoms with E-state index < -0.39 is 15.1 Å². The lowest BCUT2D eigenvalue weighted by atomic mass is 10.0. The second kappa shape index (κ2) is 7.96. The number of hydrogen-bond donors (Lipinski definition) is 1. The van der Waals surface area contributed by atoms with Crippen LogP contribution in [0, 0.1) is 5.92 Å². The van der Waals surface area contributed by atoms with E-state index >= 15 is 0 Å². The first-order chi connectivity index (χ1) is 12.4. The Hall–Kier alpha value is -1.60. The highest BCUT2D eigenvalue weighted by atomic mass is 32.2. The fourth-order valence-electron chi connectivity index (χ4n) is 4.05. The Balaban J connectivity index is 1.56. The number of sulfone groups is 1. The number of aryl methyl sites for hydroxylation is 1. The number of nitrogens with zero attached hydrogens (tertiary/aromatic N) is 1. The zero-order valence-electron chi connectivity index (χ0n) is 15.4. The van der Waals surface area contributed by atoms with Gasteiger partial charge >= 0.3 is 6.03 Å². The van der Waals surface area contributed by atoms with Gasteiger partial charge in [0.25, 0.3) is 0 Å². The van der Waals surface area contributed by atoms with E-state index in [2.05, 4.69) is 24.4 Å². The molecule has 2 amide bonds. The summed E-state index contributed by atoms with van der Waals surface area (Å²) in [5.41, 5.74) is 1.25. The van der Waals surface area contributed by atoms with Crippen LogP contribution in [0.1, 0.15) is 25.3 Å². The van der Waals surface area contributed by atoms with Crippen LogP contribution in [0.15, 0.2) is 30.3 Å². The normalized spacial score (nSPS) is 27.9. The molecule has 0 saturated carbocycles. The van der Waals surface area contributed by atoms with E-state index in [0.717, 1.165) is 19.3 Å². The van der Waals surface area contributed by atoms with Gasteiger partial charge in [0.15, 0.2) is 9.84 Å². The lowest BCUT2D eigenvalue weighted by molar-refractivity contribution is 0.0820. The van der Waals surface area contributed by atoms with Gasteiger partial charge in [-0.1, -0.05) is 37.3 Å². The number of hydrogen-bond acceptors (Lipinski definition) is 4. The minimum Gasteiger partial charge on any atom is -0.380 e. The van der Waals surface area contributed by atoms with Crippen LogP contribution in [0.2, 0.25) is 0 Å². The lowest BCUT2D eigenvalue weighted by Crippen LogP contribution is -2.45. The average Bonchev–Trinajstić information content (AvgIpc) is 3.19. The SMILES string of the molecule is CCC(CCc1ccccc1)NC(=O)N1C[C@@H]2[C@@H](OC)CS(=O)(=O)[C@@H]2C1. The first kappa shape index (κ1) is 19.2.